The Hall–Kier alpha value is -2.80. The topological polar surface area (TPSA) is 95.5 Å². The van der Waals surface area contributed by atoms with Gasteiger partial charge in [-0.25, -0.2) is 15.0 Å². The average molecular weight is 467 g/mol. The van der Waals surface area contributed by atoms with Crippen molar-refractivity contribution in [2.75, 3.05) is 11.9 Å². The second-order valence-electron chi connectivity index (χ2n) is 8.63. The van der Waals surface area contributed by atoms with Crippen molar-refractivity contribution >= 4 is 50.1 Å². The number of nitrogens with one attached hydrogen (secondary N) is 1. The van der Waals surface area contributed by atoms with Gasteiger partial charge in [0, 0.05) is 49.4 Å². The van der Waals surface area contributed by atoms with Gasteiger partial charge in [-0.1, -0.05) is 11.3 Å². The SMILES string of the molecule is CN(c1nc2cnc(-c3cc(C#N)c4nn(C)cc4c3)nc2s1)C1C[C@H]2CC[C@@H](C1)N2.Cl. The van der Waals surface area contributed by atoms with Crippen LogP contribution in [0.2, 0.25) is 0 Å². The van der Waals surface area contributed by atoms with E-state index in [1.54, 1.807) is 22.2 Å². The molecule has 2 aliphatic heterocycles. The van der Waals surface area contributed by atoms with Crippen molar-refractivity contribution < 1.29 is 0 Å². The van der Waals surface area contributed by atoms with E-state index in [1.807, 2.05) is 25.4 Å². The number of rotatable bonds is 3. The second-order valence-corrected chi connectivity index (χ2v) is 9.59. The van der Waals surface area contributed by atoms with Crippen molar-refractivity contribution in [3.63, 3.8) is 0 Å². The van der Waals surface area contributed by atoms with Crippen LogP contribution < -0.4 is 10.2 Å². The summed E-state index contributed by atoms with van der Waals surface area (Å²) < 4.78 is 1.72. The molecule has 1 aromatic carbocycles. The van der Waals surface area contributed by atoms with E-state index in [0.29, 0.717) is 35.0 Å². The van der Waals surface area contributed by atoms with Crippen LogP contribution in [0.4, 0.5) is 5.13 Å². The molecule has 0 spiro atoms. The summed E-state index contributed by atoms with van der Waals surface area (Å²) in [5, 5.41) is 19.6. The maximum absolute atomic E-state index is 9.56. The molecule has 10 heteroatoms. The third kappa shape index (κ3) is 3.48. The van der Waals surface area contributed by atoms with Gasteiger partial charge in [-0.15, -0.1) is 12.4 Å². The van der Waals surface area contributed by atoms with Gasteiger partial charge in [0.25, 0.3) is 0 Å². The lowest BCUT2D eigenvalue weighted by atomic mass is 9.99. The molecule has 164 valence electrons. The zero-order chi connectivity index (χ0) is 21.1. The molecule has 3 atom stereocenters. The van der Waals surface area contributed by atoms with E-state index < -0.39 is 0 Å². The second kappa shape index (κ2) is 7.96. The number of nitriles is 1. The number of hydrogen-bond acceptors (Lipinski definition) is 8. The number of fused-ring (bicyclic) bond motifs is 4. The van der Waals surface area contributed by atoms with Crippen molar-refractivity contribution in [2.45, 2.75) is 43.8 Å². The number of anilines is 1. The van der Waals surface area contributed by atoms with Crippen molar-refractivity contribution in [2.24, 2.45) is 7.05 Å². The summed E-state index contributed by atoms with van der Waals surface area (Å²) in [6.45, 7) is 0. The van der Waals surface area contributed by atoms with E-state index in [1.165, 1.54) is 25.7 Å². The first kappa shape index (κ1) is 21.1. The van der Waals surface area contributed by atoms with E-state index in [9.17, 15) is 5.26 Å². The zero-order valence-electron chi connectivity index (χ0n) is 17.8. The highest BCUT2D eigenvalue weighted by atomic mass is 35.5. The largest absolute Gasteiger partial charge is 0.348 e. The Morgan fingerprint density at radius 2 is 2.00 bits per heavy atom. The quantitative estimate of drug-likeness (QED) is 0.492. The maximum Gasteiger partial charge on any atom is 0.187 e. The molecule has 0 aliphatic carbocycles. The Kier molecular flexibility index (Phi) is 5.24. The van der Waals surface area contributed by atoms with Crippen LogP contribution in [-0.2, 0) is 7.05 Å². The highest BCUT2D eigenvalue weighted by Crippen LogP contribution is 2.35. The lowest BCUT2D eigenvalue weighted by Crippen LogP contribution is -2.47. The highest BCUT2D eigenvalue weighted by Gasteiger charge is 2.35. The summed E-state index contributed by atoms with van der Waals surface area (Å²) >= 11 is 1.61. The molecule has 1 unspecified atom stereocenters. The molecular formula is C22H23ClN8S. The fraction of sp³-hybridized carbons (Fsp3) is 0.409. The third-order valence-electron chi connectivity index (χ3n) is 6.54. The molecule has 2 bridgehead atoms. The van der Waals surface area contributed by atoms with Crippen LogP contribution in [0.15, 0.2) is 24.5 Å². The number of piperidine rings is 1. The standard InChI is InChI=1S/C22H22N8S.ClH/c1-29-11-14-6-12(5-13(9-23)19(14)28-29)20-24-10-18-21(27-20)31-22(26-18)30(2)17-7-15-3-4-16(8-17)25-15;/h5-6,10-11,15-17,25H,3-4,7-8H2,1-2H3;1H/t15-,16+,17?;. The predicted molar refractivity (Wildman–Crippen MR) is 128 cm³/mol. The van der Waals surface area contributed by atoms with E-state index in [0.717, 1.165) is 26.4 Å². The van der Waals surface area contributed by atoms with Crippen LogP contribution >= 0.6 is 23.7 Å². The van der Waals surface area contributed by atoms with Crippen LogP contribution in [0, 0.1) is 11.3 Å². The third-order valence-corrected chi connectivity index (χ3v) is 7.59. The first-order valence-corrected chi connectivity index (χ1v) is 11.4. The van der Waals surface area contributed by atoms with Crippen molar-refractivity contribution in [3.05, 3.63) is 30.1 Å². The van der Waals surface area contributed by atoms with E-state index >= 15 is 0 Å². The Labute approximate surface area is 195 Å². The lowest BCUT2D eigenvalue weighted by Gasteiger charge is -2.35. The summed E-state index contributed by atoms with van der Waals surface area (Å²) in [7, 11) is 4.00. The van der Waals surface area contributed by atoms with Gasteiger partial charge in [0.1, 0.15) is 21.9 Å². The normalized spacial score (nSPS) is 22.1. The van der Waals surface area contributed by atoms with Crippen LogP contribution in [0.5, 0.6) is 0 Å². The van der Waals surface area contributed by atoms with E-state index in [-0.39, 0.29) is 12.4 Å². The van der Waals surface area contributed by atoms with Gasteiger partial charge in [0.2, 0.25) is 0 Å². The minimum absolute atomic E-state index is 0. The molecule has 5 heterocycles. The molecular weight excluding hydrogens is 444 g/mol. The molecule has 2 fully saturated rings. The molecule has 8 nitrogen and oxygen atoms in total. The Morgan fingerprint density at radius 3 is 2.75 bits per heavy atom. The van der Waals surface area contributed by atoms with Crippen molar-refractivity contribution in [1.82, 2.24) is 30.0 Å². The molecule has 6 rings (SSSR count). The first-order valence-electron chi connectivity index (χ1n) is 10.6. The molecule has 32 heavy (non-hydrogen) atoms. The lowest BCUT2D eigenvalue weighted by molar-refractivity contribution is 0.354. The number of hydrogen-bond donors (Lipinski definition) is 1. The number of aryl methyl sites for hydroxylation is 1. The molecule has 2 aliphatic rings. The molecule has 0 saturated carbocycles. The smallest absolute Gasteiger partial charge is 0.187 e. The molecule has 1 N–H and O–H groups in total. The summed E-state index contributed by atoms with van der Waals surface area (Å²) in [6, 6.07) is 7.85. The van der Waals surface area contributed by atoms with Gasteiger partial charge in [0.15, 0.2) is 11.0 Å². The highest BCUT2D eigenvalue weighted by molar-refractivity contribution is 7.21. The average Bonchev–Trinajstić information content (AvgIpc) is 3.46. The maximum atomic E-state index is 9.56. The minimum Gasteiger partial charge on any atom is -0.348 e. The fourth-order valence-corrected chi connectivity index (χ4v) is 5.93. The summed E-state index contributed by atoms with van der Waals surface area (Å²) in [4.78, 5) is 17.4. The molecule has 0 amide bonds. The van der Waals surface area contributed by atoms with Crippen molar-refractivity contribution in [1.29, 1.82) is 5.26 Å². The molecule has 3 aromatic heterocycles. The minimum atomic E-state index is 0. The van der Waals surface area contributed by atoms with Crippen LogP contribution in [-0.4, -0.2) is 49.9 Å². The van der Waals surface area contributed by atoms with Gasteiger partial charge in [0.05, 0.1) is 11.8 Å². The van der Waals surface area contributed by atoms with Gasteiger partial charge in [-0.3, -0.25) is 4.68 Å². The number of thiazole rings is 1. The van der Waals surface area contributed by atoms with Gasteiger partial charge < -0.3 is 10.2 Å². The van der Waals surface area contributed by atoms with E-state index in [2.05, 4.69) is 33.4 Å². The van der Waals surface area contributed by atoms with Crippen LogP contribution in [0.3, 0.4) is 0 Å². The van der Waals surface area contributed by atoms with Crippen LogP contribution in [0.1, 0.15) is 31.2 Å². The summed E-state index contributed by atoms with van der Waals surface area (Å²) in [5.41, 5.74) is 2.86. The zero-order valence-corrected chi connectivity index (χ0v) is 19.4. The number of nitrogens with zero attached hydrogens (tertiary/aromatic N) is 7. The summed E-state index contributed by atoms with van der Waals surface area (Å²) in [5.74, 6) is 0.604. The number of aromatic nitrogens is 5. The van der Waals surface area contributed by atoms with Crippen LogP contribution in [0.25, 0.3) is 32.6 Å². The van der Waals surface area contributed by atoms with E-state index in [4.69, 9.17) is 9.97 Å². The first-order chi connectivity index (χ1) is 15.1. The monoisotopic (exact) mass is 466 g/mol. The molecule has 0 radical (unpaired) electrons. The van der Waals surface area contributed by atoms with Crippen molar-refractivity contribution in [3.8, 4) is 17.5 Å². The van der Waals surface area contributed by atoms with Gasteiger partial charge in [-0.2, -0.15) is 10.4 Å². The molecule has 4 aromatic rings. The van der Waals surface area contributed by atoms with Gasteiger partial charge >= 0.3 is 0 Å². The number of benzene rings is 1. The Balaban J connectivity index is 0.00000216. The Morgan fingerprint density at radius 1 is 1.22 bits per heavy atom. The number of halogens is 1. The summed E-state index contributed by atoms with van der Waals surface area (Å²) in [6.07, 6.45) is 8.61. The van der Waals surface area contributed by atoms with Gasteiger partial charge in [-0.05, 0) is 37.8 Å². The Bertz CT molecular complexity index is 1340. The fourth-order valence-electron chi connectivity index (χ4n) is 4.98. The predicted octanol–water partition coefficient (Wildman–Crippen LogP) is 3.65. The molecule has 2 saturated heterocycles.